The van der Waals surface area contributed by atoms with Gasteiger partial charge >= 0.3 is 5.97 Å². The number of carboxylic acid groups (broad SMARTS) is 1. The summed E-state index contributed by atoms with van der Waals surface area (Å²) in [5.74, 6) is 0.923. The van der Waals surface area contributed by atoms with Crippen LogP contribution >= 0.6 is 0 Å². The molecule has 2 atom stereocenters. The third-order valence-electron chi connectivity index (χ3n) is 9.15. The van der Waals surface area contributed by atoms with Gasteiger partial charge in [-0.25, -0.2) is 17.1 Å². The predicted octanol–water partition coefficient (Wildman–Crippen LogP) is 6.18. The number of nitrogens with zero attached hydrogens (tertiary/aromatic N) is 1. The van der Waals surface area contributed by atoms with E-state index in [9.17, 15) is 18.3 Å². The van der Waals surface area contributed by atoms with Crippen LogP contribution in [0.25, 0.3) is 11.1 Å². The first-order valence-corrected chi connectivity index (χ1v) is 17.0. The molecular formula is C34H38FNO7S. The summed E-state index contributed by atoms with van der Waals surface area (Å²) in [5.41, 5.74) is 6.52. The van der Waals surface area contributed by atoms with Gasteiger partial charge < -0.3 is 19.3 Å². The van der Waals surface area contributed by atoms with E-state index in [0.29, 0.717) is 62.1 Å². The summed E-state index contributed by atoms with van der Waals surface area (Å²) < 4.78 is 58.7. The molecule has 6 rings (SSSR count). The number of sulfonamides is 1. The zero-order chi connectivity index (χ0) is 31.2. The summed E-state index contributed by atoms with van der Waals surface area (Å²) in [7, 11) is -3.15. The lowest BCUT2D eigenvalue weighted by atomic mass is 9.90. The number of benzene rings is 3. The van der Waals surface area contributed by atoms with Gasteiger partial charge in [-0.2, -0.15) is 0 Å². The SMILES string of the molecule is Cc1cc(OCC2CCN(S(C)(=O)=O)CC2)cc(C)c1-c1ccc(F)c2c1CCC2Oc1ccc2c(c1)OC[C@H]2CC(=O)O. The Kier molecular flexibility index (Phi) is 8.32. The highest BCUT2D eigenvalue weighted by Crippen LogP contribution is 2.45. The number of rotatable bonds is 9. The van der Waals surface area contributed by atoms with Crippen molar-refractivity contribution in [2.24, 2.45) is 5.92 Å². The first-order chi connectivity index (χ1) is 21.0. The highest BCUT2D eigenvalue weighted by Gasteiger charge is 2.32. The van der Waals surface area contributed by atoms with Crippen molar-refractivity contribution in [3.05, 3.63) is 76.1 Å². The van der Waals surface area contributed by atoms with E-state index in [1.807, 2.05) is 44.2 Å². The Bertz CT molecular complexity index is 1670. The summed E-state index contributed by atoms with van der Waals surface area (Å²) >= 11 is 0. The molecule has 1 saturated heterocycles. The number of piperidine rings is 1. The summed E-state index contributed by atoms with van der Waals surface area (Å²) in [5, 5.41) is 9.18. The number of hydrogen-bond donors (Lipinski definition) is 1. The summed E-state index contributed by atoms with van der Waals surface area (Å²) in [6.45, 7) is 5.99. The highest BCUT2D eigenvalue weighted by molar-refractivity contribution is 7.88. The predicted molar refractivity (Wildman–Crippen MR) is 165 cm³/mol. The second kappa shape index (κ2) is 12.0. The van der Waals surface area contributed by atoms with Crippen molar-refractivity contribution in [3.8, 4) is 28.4 Å². The number of aryl methyl sites for hydroxylation is 2. The van der Waals surface area contributed by atoms with Gasteiger partial charge in [0.15, 0.2) is 0 Å². The van der Waals surface area contributed by atoms with Gasteiger partial charge in [0, 0.05) is 36.2 Å². The minimum absolute atomic E-state index is 0.00973. The lowest BCUT2D eigenvalue weighted by Gasteiger charge is -2.30. The summed E-state index contributed by atoms with van der Waals surface area (Å²) in [4.78, 5) is 11.2. The first kappa shape index (κ1) is 30.4. The van der Waals surface area contributed by atoms with Gasteiger partial charge in [-0.3, -0.25) is 4.79 Å². The number of fused-ring (bicyclic) bond motifs is 2. The molecule has 0 aromatic heterocycles. The van der Waals surface area contributed by atoms with E-state index in [2.05, 4.69) is 0 Å². The van der Waals surface area contributed by atoms with Crippen LogP contribution in [0.4, 0.5) is 4.39 Å². The van der Waals surface area contributed by atoms with Gasteiger partial charge in [-0.05, 0) is 97.5 Å². The Balaban J connectivity index is 1.17. The molecule has 0 saturated carbocycles. The van der Waals surface area contributed by atoms with Crippen LogP contribution in [-0.2, 0) is 21.2 Å². The van der Waals surface area contributed by atoms with Crippen LogP contribution in [0, 0.1) is 25.6 Å². The van der Waals surface area contributed by atoms with E-state index in [0.717, 1.165) is 52.0 Å². The smallest absolute Gasteiger partial charge is 0.304 e. The van der Waals surface area contributed by atoms with Crippen LogP contribution in [0.5, 0.6) is 17.2 Å². The Morgan fingerprint density at radius 2 is 1.77 bits per heavy atom. The van der Waals surface area contributed by atoms with E-state index in [4.69, 9.17) is 14.2 Å². The maximum atomic E-state index is 15.3. The van der Waals surface area contributed by atoms with Gasteiger partial charge in [-0.1, -0.05) is 12.1 Å². The zero-order valence-electron chi connectivity index (χ0n) is 25.3. The molecule has 0 spiro atoms. The Morgan fingerprint density at radius 3 is 2.45 bits per heavy atom. The Labute approximate surface area is 257 Å². The van der Waals surface area contributed by atoms with Crippen molar-refractivity contribution in [2.75, 3.05) is 32.6 Å². The summed E-state index contributed by atoms with van der Waals surface area (Å²) in [6.07, 6.45) is 3.69. The molecule has 1 fully saturated rings. The fraction of sp³-hybridized carbons (Fsp3) is 0.441. The Morgan fingerprint density at radius 1 is 1.05 bits per heavy atom. The molecule has 3 aliphatic rings. The lowest BCUT2D eigenvalue weighted by Crippen LogP contribution is -2.39. The minimum Gasteiger partial charge on any atom is -0.493 e. The monoisotopic (exact) mass is 623 g/mol. The summed E-state index contributed by atoms with van der Waals surface area (Å²) in [6, 6.07) is 12.9. The molecule has 234 valence electrons. The number of hydrogen-bond acceptors (Lipinski definition) is 6. The molecule has 1 N–H and O–H groups in total. The van der Waals surface area contributed by atoms with Gasteiger partial charge in [-0.15, -0.1) is 0 Å². The maximum absolute atomic E-state index is 15.3. The number of halogens is 1. The van der Waals surface area contributed by atoms with Crippen LogP contribution in [0.1, 0.15) is 65.5 Å². The number of aliphatic carboxylic acids is 1. The van der Waals surface area contributed by atoms with E-state index >= 15 is 4.39 Å². The third-order valence-corrected chi connectivity index (χ3v) is 10.5. The second-order valence-corrected chi connectivity index (χ2v) is 14.3. The van der Waals surface area contributed by atoms with Crippen LogP contribution in [0.2, 0.25) is 0 Å². The highest BCUT2D eigenvalue weighted by atomic mass is 32.2. The molecule has 3 aromatic rings. The molecule has 0 radical (unpaired) electrons. The van der Waals surface area contributed by atoms with Crippen molar-refractivity contribution >= 4 is 16.0 Å². The third kappa shape index (κ3) is 6.15. The molecular weight excluding hydrogens is 585 g/mol. The van der Waals surface area contributed by atoms with Gasteiger partial charge in [0.1, 0.15) is 29.2 Å². The lowest BCUT2D eigenvalue weighted by molar-refractivity contribution is -0.137. The molecule has 0 amide bonds. The molecule has 0 bridgehead atoms. The van der Waals surface area contributed by atoms with Crippen LogP contribution in [-0.4, -0.2) is 56.4 Å². The standard InChI is InChI=1S/C34H38FNO7S/c1-20-14-25(41-18-22-10-12-36(13-11-22)44(3,39)40)15-21(2)33(20)27-6-8-29(35)34-28(27)7-9-30(34)43-24-4-5-26-23(16-32(37)38)19-42-31(26)17-24/h4-6,8,14-15,17,22-23,30H,7,9-13,16,18-19H2,1-3H3,(H,37,38)/t23-,30?/m1/s1. The Hall–Kier alpha value is -3.63. The number of carbonyl (C=O) groups is 1. The van der Waals surface area contributed by atoms with Crippen LogP contribution in [0.3, 0.4) is 0 Å². The number of ether oxygens (including phenoxy) is 3. The maximum Gasteiger partial charge on any atom is 0.304 e. The second-order valence-electron chi connectivity index (χ2n) is 12.3. The van der Waals surface area contributed by atoms with E-state index in [1.54, 1.807) is 6.07 Å². The van der Waals surface area contributed by atoms with Gasteiger partial charge in [0.05, 0.1) is 25.9 Å². The average molecular weight is 624 g/mol. The normalized spacial score (nSPS) is 20.2. The van der Waals surface area contributed by atoms with Gasteiger partial charge in [0.25, 0.3) is 0 Å². The van der Waals surface area contributed by atoms with Crippen molar-refractivity contribution in [1.29, 1.82) is 0 Å². The molecule has 44 heavy (non-hydrogen) atoms. The fourth-order valence-electron chi connectivity index (χ4n) is 6.95. The van der Waals surface area contributed by atoms with Crippen LogP contribution in [0.15, 0.2) is 42.5 Å². The fourth-order valence-corrected chi connectivity index (χ4v) is 7.83. The van der Waals surface area contributed by atoms with E-state index < -0.39 is 22.1 Å². The number of carboxylic acids is 1. The zero-order valence-corrected chi connectivity index (χ0v) is 26.1. The minimum atomic E-state index is -3.15. The van der Waals surface area contributed by atoms with Crippen LogP contribution < -0.4 is 14.2 Å². The molecule has 2 heterocycles. The van der Waals surface area contributed by atoms with Crippen molar-refractivity contribution in [3.63, 3.8) is 0 Å². The first-order valence-electron chi connectivity index (χ1n) is 15.1. The van der Waals surface area contributed by atoms with E-state index in [-0.39, 0.29) is 18.2 Å². The van der Waals surface area contributed by atoms with Crippen molar-refractivity contribution < 1.29 is 36.9 Å². The average Bonchev–Trinajstić information content (AvgIpc) is 3.57. The molecule has 10 heteroatoms. The molecule has 1 aliphatic carbocycles. The topological polar surface area (TPSA) is 102 Å². The largest absolute Gasteiger partial charge is 0.493 e. The molecule has 1 unspecified atom stereocenters. The molecule has 8 nitrogen and oxygen atoms in total. The quantitative estimate of drug-likeness (QED) is 0.304. The van der Waals surface area contributed by atoms with Crippen molar-refractivity contribution in [2.45, 2.75) is 58.0 Å². The molecule has 3 aromatic carbocycles. The van der Waals surface area contributed by atoms with Gasteiger partial charge in [0.2, 0.25) is 10.0 Å². The molecule has 2 aliphatic heterocycles. The van der Waals surface area contributed by atoms with Crippen molar-refractivity contribution in [1.82, 2.24) is 4.31 Å². The van der Waals surface area contributed by atoms with E-state index in [1.165, 1.54) is 16.6 Å².